The molecule has 0 aliphatic rings. The lowest BCUT2D eigenvalue weighted by atomic mass is 10.1. The van der Waals surface area contributed by atoms with Crippen LogP contribution in [-0.4, -0.2) is 10.9 Å². The van der Waals surface area contributed by atoms with E-state index in [0.29, 0.717) is 23.4 Å². The average Bonchev–Trinajstić information content (AvgIpc) is 3.21. The number of rotatable bonds is 4. The third kappa shape index (κ3) is 5.11. The number of halogens is 6. The minimum atomic E-state index is -4.98. The number of hydrogen-bond donors (Lipinski definition) is 2. The first kappa shape index (κ1) is 22.3. The molecule has 4 rings (SSSR count). The normalized spacial score (nSPS) is 12.1. The summed E-state index contributed by atoms with van der Waals surface area (Å²) in [6.07, 6.45) is -8.21. The number of hydrogen-bond acceptors (Lipinski definition) is 2. The Labute approximate surface area is 182 Å². The van der Waals surface area contributed by atoms with E-state index in [1.165, 1.54) is 24.3 Å². The molecule has 0 aliphatic carbocycles. The van der Waals surface area contributed by atoms with Gasteiger partial charge in [-0.2, -0.15) is 26.3 Å². The van der Waals surface area contributed by atoms with E-state index < -0.39 is 35.1 Å². The second-order valence-corrected chi connectivity index (χ2v) is 7.10. The molecular formula is C23H14F6N2O2. The highest BCUT2D eigenvalue weighted by molar-refractivity contribution is 6.06. The smallest absolute Gasteiger partial charge is 0.416 e. The van der Waals surface area contributed by atoms with Gasteiger partial charge in [-0.05, 0) is 66.0 Å². The van der Waals surface area contributed by atoms with Gasteiger partial charge in [0, 0.05) is 23.0 Å². The SMILES string of the molecule is O=C(Nc1ccc(Oc2cc(C(F)(F)F)cc(C(F)(F)F)c2)cc1)c1ccc2cc[nH]c2c1. The summed E-state index contributed by atoms with van der Waals surface area (Å²) in [7, 11) is 0. The number of aromatic amines is 1. The molecule has 0 radical (unpaired) electrons. The summed E-state index contributed by atoms with van der Waals surface area (Å²) in [4.78, 5) is 15.4. The van der Waals surface area contributed by atoms with Crippen LogP contribution in [0.3, 0.4) is 0 Å². The predicted octanol–water partition coefficient (Wildman–Crippen LogP) is 7.25. The monoisotopic (exact) mass is 464 g/mol. The van der Waals surface area contributed by atoms with Gasteiger partial charge < -0.3 is 15.0 Å². The van der Waals surface area contributed by atoms with Crippen molar-refractivity contribution in [3.63, 3.8) is 0 Å². The molecule has 1 amide bonds. The summed E-state index contributed by atoms with van der Waals surface area (Å²) in [5.74, 6) is -1.02. The Bertz CT molecular complexity index is 1280. The van der Waals surface area contributed by atoms with E-state index in [1.807, 2.05) is 6.07 Å². The van der Waals surface area contributed by atoms with Crippen molar-refractivity contribution in [2.45, 2.75) is 12.4 Å². The molecular weight excluding hydrogens is 450 g/mol. The highest BCUT2D eigenvalue weighted by Crippen LogP contribution is 2.39. The van der Waals surface area contributed by atoms with E-state index in [0.717, 1.165) is 10.9 Å². The maximum absolute atomic E-state index is 13.0. The summed E-state index contributed by atoms with van der Waals surface area (Å²) in [5, 5.41) is 3.60. The molecule has 2 N–H and O–H groups in total. The fourth-order valence-electron chi connectivity index (χ4n) is 3.12. The molecule has 4 aromatic rings. The number of benzene rings is 3. The van der Waals surface area contributed by atoms with Crippen LogP contribution in [0.1, 0.15) is 21.5 Å². The summed E-state index contributed by atoms with van der Waals surface area (Å²) >= 11 is 0. The van der Waals surface area contributed by atoms with Crippen molar-refractivity contribution in [3.8, 4) is 11.5 Å². The Morgan fingerprint density at radius 1 is 0.758 bits per heavy atom. The quantitative estimate of drug-likeness (QED) is 0.313. The van der Waals surface area contributed by atoms with Gasteiger partial charge in [-0.25, -0.2) is 0 Å². The molecule has 0 saturated heterocycles. The summed E-state index contributed by atoms with van der Waals surface area (Å²) in [6.45, 7) is 0. The topological polar surface area (TPSA) is 54.1 Å². The van der Waals surface area contributed by atoms with Gasteiger partial charge in [0.05, 0.1) is 11.1 Å². The van der Waals surface area contributed by atoms with Gasteiger partial charge in [-0.15, -0.1) is 0 Å². The number of H-pyrrole nitrogens is 1. The number of carbonyl (C=O) groups is 1. The number of fused-ring (bicyclic) bond motifs is 1. The lowest BCUT2D eigenvalue weighted by molar-refractivity contribution is -0.143. The van der Waals surface area contributed by atoms with Crippen molar-refractivity contribution in [2.24, 2.45) is 0 Å². The molecule has 0 atom stereocenters. The highest BCUT2D eigenvalue weighted by Gasteiger charge is 2.37. The molecule has 0 bridgehead atoms. The number of aromatic nitrogens is 1. The van der Waals surface area contributed by atoms with Gasteiger partial charge in [0.25, 0.3) is 5.91 Å². The van der Waals surface area contributed by atoms with Gasteiger partial charge in [0.2, 0.25) is 0 Å². The third-order valence-electron chi connectivity index (χ3n) is 4.73. The van der Waals surface area contributed by atoms with Crippen LogP contribution in [0.4, 0.5) is 32.0 Å². The molecule has 10 heteroatoms. The second kappa shape index (κ2) is 8.19. The van der Waals surface area contributed by atoms with Crippen LogP contribution in [0, 0.1) is 0 Å². The van der Waals surface area contributed by atoms with Crippen molar-refractivity contribution >= 4 is 22.5 Å². The molecule has 1 aromatic heterocycles. The predicted molar refractivity (Wildman–Crippen MR) is 109 cm³/mol. The molecule has 0 aliphatic heterocycles. The average molecular weight is 464 g/mol. The van der Waals surface area contributed by atoms with E-state index in [-0.39, 0.29) is 11.8 Å². The first-order valence-corrected chi connectivity index (χ1v) is 9.45. The van der Waals surface area contributed by atoms with Crippen LogP contribution in [0.15, 0.2) is 72.9 Å². The highest BCUT2D eigenvalue weighted by atomic mass is 19.4. The van der Waals surface area contributed by atoms with Crippen LogP contribution in [0.25, 0.3) is 10.9 Å². The van der Waals surface area contributed by atoms with E-state index in [4.69, 9.17) is 4.74 Å². The molecule has 33 heavy (non-hydrogen) atoms. The third-order valence-corrected chi connectivity index (χ3v) is 4.73. The minimum absolute atomic E-state index is 0.00625. The van der Waals surface area contributed by atoms with Gasteiger partial charge in [0.1, 0.15) is 11.5 Å². The second-order valence-electron chi connectivity index (χ2n) is 7.10. The molecule has 170 valence electrons. The van der Waals surface area contributed by atoms with Crippen molar-refractivity contribution in [1.29, 1.82) is 0 Å². The fourth-order valence-corrected chi connectivity index (χ4v) is 3.12. The van der Waals surface area contributed by atoms with Gasteiger partial charge in [0.15, 0.2) is 0 Å². The van der Waals surface area contributed by atoms with E-state index in [9.17, 15) is 31.1 Å². The lowest BCUT2D eigenvalue weighted by Crippen LogP contribution is -2.11. The Kier molecular flexibility index (Phi) is 5.52. The number of anilines is 1. The van der Waals surface area contributed by atoms with Gasteiger partial charge >= 0.3 is 12.4 Å². The molecule has 4 nitrogen and oxygen atoms in total. The fraction of sp³-hybridized carbons (Fsp3) is 0.0870. The lowest BCUT2D eigenvalue weighted by Gasteiger charge is -2.15. The minimum Gasteiger partial charge on any atom is -0.457 e. The van der Waals surface area contributed by atoms with Crippen LogP contribution in [-0.2, 0) is 12.4 Å². The van der Waals surface area contributed by atoms with Crippen LogP contribution >= 0.6 is 0 Å². The zero-order chi connectivity index (χ0) is 23.8. The maximum Gasteiger partial charge on any atom is 0.416 e. The zero-order valence-electron chi connectivity index (χ0n) is 16.5. The number of carbonyl (C=O) groups excluding carboxylic acids is 1. The number of alkyl halides is 6. The Morgan fingerprint density at radius 3 is 2.00 bits per heavy atom. The molecule has 1 heterocycles. The Morgan fingerprint density at radius 2 is 1.39 bits per heavy atom. The van der Waals surface area contributed by atoms with Gasteiger partial charge in [-0.1, -0.05) is 6.07 Å². The first-order chi connectivity index (χ1) is 15.5. The Hall–Kier alpha value is -3.95. The molecule has 0 fully saturated rings. The molecule has 0 unspecified atom stereocenters. The van der Waals surface area contributed by atoms with Crippen LogP contribution in [0.5, 0.6) is 11.5 Å². The largest absolute Gasteiger partial charge is 0.457 e. The summed E-state index contributed by atoms with van der Waals surface area (Å²) < 4.78 is 83.2. The number of nitrogens with one attached hydrogen (secondary N) is 2. The summed E-state index contributed by atoms with van der Waals surface area (Å²) in [5.41, 5.74) is -1.41. The van der Waals surface area contributed by atoms with E-state index in [2.05, 4.69) is 10.3 Å². The van der Waals surface area contributed by atoms with Gasteiger partial charge in [-0.3, -0.25) is 4.79 Å². The standard InChI is InChI=1S/C23H14F6N2O2/c24-22(25,26)15-10-16(23(27,28)29)12-19(11-15)33-18-5-3-17(4-6-18)31-21(32)14-2-1-13-7-8-30-20(13)9-14/h1-12,30H,(H,31,32). The van der Waals surface area contributed by atoms with Crippen molar-refractivity contribution in [3.05, 3.63) is 89.6 Å². The van der Waals surface area contributed by atoms with Crippen LogP contribution in [0.2, 0.25) is 0 Å². The molecule has 3 aromatic carbocycles. The molecule has 0 saturated carbocycles. The first-order valence-electron chi connectivity index (χ1n) is 9.45. The number of ether oxygens (including phenoxy) is 1. The maximum atomic E-state index is 13.0. The Balaban J connectivity index is 1.51. The van der Waals surface area contributed by atoms with Crippen molar-refractivity contribution in [1.82, 2.24) is 4.98 Å². The van der Waals surface area contributed by atoms with Crippen molar-refractivity contribution in [2.75, 3.05) is 5.32 Å². The summed E-state index contributed by atoms with van der Waals surface area (Å²) in [6, 6.07) is 13.4. The van der Waals surface area contributed by atoms with E-state index >= 15 is 0 Å². The van der Waals surface area contributed by atoms with E-state index in [1.54, 1.807) is 24.4 Å². The van der Waals surface area contributed by atoms with Crippen molar-refractivity contribution < 1.29 is 35.9 Å². The molecule has 0 spiro atoms. The van der Waals surface area contributed by atoms with Crippen LogP contribution < -0.4 is 10.1 Å². The number of amides is 1. The zero-order valence-corrected chi connectivity index (χ0v) is 16.5.